The highest BCUT2D eigenvalue weighted by Gasteiger charge is 2.32. The molecule has 0 aliphatic rings. The third-order valence-corrected chi connectivity index (χ3v) is 4.72. The molecule has 0 bridgehead atoms. The van der Waals surface area contributed by atoms with E-state index < -0.39 is 66.3 Å². The van der Waals surface area contributed by atoms with Gasteiger partial charge in [-0.25, -0.2) is 4.79 Å². The predicted octanol–water partition coefficient (Wildman–Crippen LogP) is -2.72. The topological polar surface area (TPSA) is 240 Å². The number of unbranched alkanes of at least 4 members (excludes halogenated alkanes) is 1. The van der Waals surface area contributed by atoms with E-state index in [1.165, 1.54) is 6.92 Å². The SMILES string of the molecule is CC(C)CC(NC(=O)C(NC(=O)C(CCCCN)NC(=O)C(N)CC(N)=O)C(C)O)C(=O)O. The maximum absolute atomic E-state index is 12.8. The summed E-state index contributed by atoms with van der Waals surface area (Å²) in [5.41, 5.74) is 16.1. The van der Waals surface area contributed by atoms with Crippen molar-refractivity contribution in [3.63, 3.8) is 0 Å². The fourth-order valence-corrected chi connectivity index (χ4v) is 2.96. The molecule has 5 unspecified atom stereocenters. The van der Waals surface area contributed by atoms with Crippen molar-refractivity contribution in [3.05, 3.63) is 0 Å². The molecular formula is C20H38N6O7. The van der Waals surface area contributed by atoms with Gasteiger partial charge >= 0.3 is 5.97 Å². The van der Waals surface area contributed by atoms with E-state index in [9.17, 15) is 34.2 Å². The van der Waals surface area contributed by atoms with E-state index in [1.807, 2.05) is 0 Å². The Kier molecular flexibility index (Phi) is 13.9. The maximum Gasteiger partial charge on any atom is 0.326 e. The Morgan fingerprint density at radius 1 is 0.879 bits per heavy atom. The van der Waals surface area contributed by atoms with E-state index in [0.29, 0.717) is 19.4 Å². The van der Waals surface area contributed by atoms with Crippen LogP contribution in [-0.2, 0) is 24.0 Å². The molecule has 0 aromatic heterocycles. The van der Waals surface area contributed by atoms with Gasteiger partial charge in [0, 0.05) is 0 Å². The molecule has 11 N–H and O–H groups in total. The van der Waals surface area contributed by atoms with Gasteiger partial charge in [0.25, 0.3) is 0 Å². The van der Waals surface area contributed by atoms with Gasteiger partial charge in [0.15, 0.2) is 0 Å². The van der Waals surface area contributed by atoms with Gasteiger partial charge in [-0.2, -0.15) is 0 Å². The van der Waals surface area contributed by atoms with Crippen LogP contribution in [-0.4, -0.2) is 76.6 Å². The van der Waals surface area contributed by atoms with Gasteiger partial charge in [-0.15, -0.1) is 0 Å². The molecule has 0 aromatic carbocycles. The molecule has 0 spiro atoms. The van der Waals surface area contributed by atoms with Crippen LogP contribution in [0.2, 0.25) is 0 Å². The smallest absolute Gasteiger partial charge is 0.326 e. The second-order valence-electron chi connectivity index (χ2n) is 8.38. The van der Waals surface area contributed by atoms with Crippen LogP contribution >= 0.6 is 0 Å². The van der Waals surface area contributed by atoms with Crippen molar-refractivity contribution in [1.29, 1.82) is 0 Å². The van der Waals surface area contributed by atoms with E-state index in [2.05, 4.69) is 16.0 Å². The molecule has 4 amide bonds. The molecule has 0 aromatic rings. The van der Waals surface area contributed by atoms with E-state index >= 15 is 0 Å². The summed E-state index contributed by atoms with van der Waals surface area (Å²) in [6, 6.07) is -5.08. The minimum Gasteiger partial charge on any atom is -0.480 e. The Labute approximate surface area is 193 Å². The molecule has 190 valence electrons. The van der Waals surface area contributed by atoms with E-state index in [4.69, 9.17) is 17.2 Å². The number of rotatable bonds is 16. The van der Waals surface area contributed by atoms with E-state index in [0.717, 1.165) is 0 Å². The van der Waals surface area contributed by atoms with Gasteiger partial charge in [0.05, 0.1) is 18.6 Å². The number of nitrogens with two attached hydrogens (primary N) is 3. The van der Waals surface area contributed by atoms with E-state index in [1.54, 1.807) is 13.8 Å². The molecule has 0 fully saturated rings. The lowest BCUT2D eigenvalue weighted by Crippen LogP contribution is -2.60. The lowest BCUT2D eigenvalue weighted by Gasteiger charge is -2.27. The molecular weight excluding hydrogens is 436 g/mol. The van der Waals surface area contributed by atoms with Gasteiger partial charge in [-0.3, -0.25) is 19.2 Å². The first-order valence-electron chi connectivity index (χ1n) is 10.9. The molecule has 5 atom stereocenters. The first-order valence-corrected chi connectivity index (χ1v) is 10.9. The fourth-order valence-electron chi connectivity index (χ4n) is 2.96. The summed E-state index contributed by atoms with van der Waals surface area (Å²) in [6.07, 6.45) is -0.466. The van der Waals surface area contributed by atoms with Crippen LogP contribution < -0.4 is 33.2 Å². The predicted molar refractivity (Wildman–Crippen MR) is 119 cm³/mol. The quantitative estimate of drug-likeness (QED) is 0.108. The van der Waals surface area contributed by atoms with Crippen LogP contribution in [0.3, 0.4) is 0 Å². The summed E-state index contributed by atoms with van der Waals surface area (Å²) in [6.45, 7) is 5.18. The van der Waals surface area contributed by atoms with Crippen LogP contribution in [0.15, 0.2) is 0 Å². The van der Waals surface area contributed by atoms with Gasteiger partial charge in [0.1, 0.15) is 18.1 Å². The zero-order chi connectivity index (χ0) is 25.7. The largest absolute Gasteiger partial charge is 0.480 e. The molecule has 0 saturated heterocycles. The number of carboxylic acids is 1. The van der Waals surface area contributed by atoms with Crippen molar-refractivity contribution in [1.82, 2.24) is 16.0 Å². The number of carbonyl (C=O) groups excluding carboxylic acids is 4. The van der Waals surface area contributed by atoms with Gasteiger partial charge in [0.2, 0.25) is 23.6 Å². The molecule has 13 nitrogen and oxygen atoms in total. The third kappa shape index (κ3) is 12.2. The summed E-state index contributed by atoms with van der Waals surface area (Å²) in [7, 11) is 0. The Bertz CT molecular complexity index is 686. The Balaban J connectivity index is 5.43. The summed E-state index contributed by atoms with van der Waals surface area (Å²) in [5, 5.41) is 26.4. The number of hydrogen-bond donors (Lipinski definition) is 8. The number of primary amides is 1. The number of carboxylic acid groups (broad SMARTS) is 1. The summed E-state index contributed by atoms with van der Waals surface area (Å²) < 4.78 is 0. The number of carbonyl (C=O) groups is 5. The van der Waals surface area contributed by atoms with Crippen molar-refractivity contribution in [2.75, 3.05) is 6.54 Å². The van der Waals surface area contributed by atoms with Gasteiger partial charge in [-0.05, 0) is 45.1 Å². The second-order valence-corrected chi connectivity index (χ2v) is 8.38. The third-order valence-electron chi connectivity index (χ3n) is 4.72. The van der Waals surface area contributed by atoms with Crippen LogP contribution in [0.1, 0.15) is 52.9 Å². The number of nitrogens with one attached hydrogen (secondary N) is 3. The highest BCUT2D eigenvalue weighted by Crippen LogP contribution is 2.07. The van der Waals surface area contributed by atoms with Gasteiger partial charge in [-0.1, -0.05) is 13.8 Å². The summed E-state index contributed by atoms with van der Waals surface area (Å²) in [4.78, 5) is 60.2. The van der Waals surface area contributed by atoms with Crippen LogP contribution in [0, 0.1) is 5.92 Å². The van der Waals surface area contributed by atoms with Crippen molar-refractivity contribution >= 4 is 29.6 Å². The molecule has 0 aliphatic heterocycles. The standard InChI is InChI=1S/C20H38N6O7/c1-10(2)8-14(20(32)33)25-19(31)16(11(3)27)26-18(30)13(6-4-5-7-21)24-17(29)12(22)9-15(23)28/h10-14,16,27H,4-9,21-22H2,1-3H3,(H2,23,28)(H,24,29)(H,25,31)(H,26,30)(H,32,33). The lowest BCUT2D eigenvalue weighted by atomic mass is 10.0. The summed E-state index contributed by atoms with van der Waals surface area (Å²) >= 11 is 0. The average Bonchev–Trinajstić information content (AvgIpc) is 2.69. The minimum atomic E-state index is -1.47. The molecule has 0 heterocycles. The van der Waals surface area contributed by atoms with Crippen LogP contribution in [0.4, 0.5) is 0 Å². The second kappa shape index (κ2) is 15.1. The monoisotopic (exact) mass is 474 g/mol. The molecule has 33 heavy (non-hydrogen) atoms. The molecule has 0 radical (unpaired) electrons. The van der Waals surface area contributed by atoms with E-state index in [-0.39, 0.29) is 18.8 Å². The van der Waals surface area contributed by atoms with Crippen molar-refractivity contribution in [2.45, 2.75) is 83.1 Å². The number of aliphatic carboxylic acids is 1. The zero-order valence-electron chi connectivity index (χ0n) is 19.4. The maximum atomic E-state index is 12.8. The Hall–Kier alpha value is -2.77. The Morgan fingerprint density at radius 3 is 1.91 bits per heavy atom. The van der Waals surface area contributed by atoms with Crippen molar-refractivity contribution in [2.24, 2.45) is 23.1 Å². The normalized spacial score (nSPS) is 15.6. The van der Waals surface area contributed by atoms with Crippen molar-refractivity contribution in [3.8, 4) is 0 Å². The van der Waals surface area contributed by atoms with Gasteiger partial charge < -0.3 is 43.4 Å². The lowest BCUT2D eigenvalue weighted by molar-refractivity contribution is -0.143. The highest BCUT2D eigenvalue weighted by atomic mass is 16.4. The first-order chi connectivity index (χ1) is 15.3. The van der Waals surface area contributed by atoms with Crippen molar-refractivity contribution < 1.29 is 34.2 Å². The Morgan fingerprint density at radius 2 is 1.45 bits per heavy atom. The number of hydrogen-bond acceptors (Lipinski definition) is 8. The fraction of sp³-hybridized carbons (Fsp3) is 0.750. The zero-order valence-corrected chi connectivity index (χ0v) is 19.4. The van der Waals surface area contributed by atoms with Crippen LogP contribution in [0.25, 0.3) is 0 Å². The number of aliphatic hydroxyl groups excluding tert-OH is 1. The average molecular weight is 475 g/mol. The summed E-state index contributed by atoms with van der Waals surface area (Å²) in [5.74, 6) is -4.53. The molecule has 13 heteroatoms. The molecule has 0 saturated carbocycles. The minimum absolute atomic E-state index is 0.0299. The number of amides is 4. The number of aliphatic hydroxyl groups is 1. The first kappa shape index (κ1) is 30.2. The highest BCUT2D eigenvalue weighted by molar-refractivity contribution is 5.95. The molecule has 0 aliphatic carbocycles. The van der Waals surface area contributed by atoms with Crippen LogP contribution in [0.5, 0.6) is 0 Å². The molecule has 0 rings (SSSR count).